The molecular weight excluding hydrogens is 590 g/mol. The van der Waals surface area contributed by atoms with Crippen LogP contribution in [-0.2, 0) is 36.9 Å². The Morgan fingerprint density at radius 1 is 1.14 bits per heavy atom. The monoisotopic (exact) mass is 634 g/mol. The maximum absolute atomic E-state index is 13.3. The van der Waals surface area contributed by atoms with Gasteiger partial charge in [0, 0.05) is 37.3 Å². The Balaban J connectivity index is 2.64. The minimum atomic E-state index is -3.62. The number of nitriles is 1. The molecule has 0 radical (unpaired) electrons. The van der Waals surface area contributed by atoms with Gasteiger partial charge in [0.1, 0.15) is 18.3 Å². The van der Waals surface area contributed by atoms with Crippen molar-refractivity contribution in [3.05, 3.63) is 45.0 Å². The van der Waals surface area contributed by atoms with E-state index in [0.29, 0.717) is 0 Å². The molecule has 0 aliphatic carbocycles. The highest BCUT2D eigenvalue weighted by atomic mass is 31.2. The normalized spacial score (nSPS) is 22.0. The molecule has 1 unspecified atom stereocenters. The van der Waals surface area contributed by atoms with Gasteiger partial charge in [-0.1, -0.05) is 0 Å². The second-order valence-electron chi connectivity index (χ2n) is 9.67. The van der Waals surface area contributed by atoms with E-state index >= 15 is 0 Å². The van der Waals surface area contributed by atoms with Gasteiger partial charge in [-0.3, -0.25) is 18.9 Å². The summed E-state index contributed by atoms with van der Waals surface area (Å²) in [6.45, 7) is 12.2. The molecule has 5 atom stereocenters. The van der Waals surface area contributed by atoms with Crippen LogP contribution >= 0.6 is 16.1 Å². The van der Waals surface area contributed by atoms with Gasteiger partial charge in [0.25, 0.3) is 14.1 Å². The summed E-state index contributed by atoms with van der Waals surface area (Å²) in [7, 11) is -3.86. The molecule has 0 aromatic carbocycles. The first-order valence-corrected chi connectivity index (χ1v) is 16.7. The Bertz CT molecular complexity index is 1170. The molecule has 2 rings (SSSR count). The van der Waals surface area contributed by atoms with E-state index in [1.807, 2.05) is 32.4 Å². The van der Waals surface area contributed by atoms with Crippen LogP contribution in [0.15, 0.2) is 33.7 Å². The third-order valence-electron chi connectivity index (χ3n) is 5.90. The molecule has 14 nitrogen and oxygen atoms in total. The molecule has 1 aromatic heterocycles. The van der Waals surface area contributed by atoms with Crippen molar-refractivity contribution in [3.63, 3.8) is 0 Å². The number of rotatable bonds is 19. The second-order valence-corrected chi connectivity index (χ2v) is 13.0. The van der Waals surface area contributed by atoms with Crippen molar-refractivity contribution in [2.24, 2.45) is 0 Å². The van der Waals surface area contributed by atoms with Crippen LogP contribution in [0, 0.1) is 11.3 Å². The van der Waals surface area contributed by atoms with Crippen LogP contribution in [0.5, 0.6) is 0 Å². The number of methoxy groups -OCH3 is 1. The van der Waals surface area contributed by atoms with Gasteiger partial charge < -0.3 is 32.3 Å². The average molecular weight is 635 g/mol. The molecule has 0 spiro atoms. The van der Waals surface area contributed by atoms with Crippen molar-refractivity contribution in [2.75, 3.05) is 40.1 Å². The van der Waals surface area contributed by atoms with Crippen LogP contribution in [0.1, 0.15) is 54.2 Å². The van der Waals surface area contributed by atoms with E-state index < -0.39 is 51.9 Å². The van der Waals surface area contributed by atoms with E-state index in [0.717, 1.165) is 0 Å². The number of H-pyrrole nitrogens is 1. The zero-order valence-corrected chi connectivity index (χ0v) is 27.1. The summed E-state index contributed by atoms with van der Waals surface area (Å²) in [4.78, 5) is 26.9. The summed E-state index contributed by atoms with van der Waals surface area (Å²) in [5.41, 5.74) is -1.27. The summed E-state index contributed by atoms with van der Waals surface area (Å²) in [6, 6.07) is 3.30. The molecule has 0 amide bonds. The number of hydrogen-bond donors (Lipinski definition) is 1. The van der Waals surface area contributed by atoms with Crippen LogP contribution < -0.4 is 11.2 Å². The lowest BCUT2D eigenvalue weighted by molar-refractivity contribution is -0.0766. The number of ether oxygens (including phenoxy) is 3. The van der Waals surface area contributed by atoms with Crippen LogP contribution in [0.4, 0.5) is 0 Å². The van der Waals surface area contributed by atoms with Gasteiger partial charge >= 0.3 is 13.3 Å². The minimum absolute atomic E-state index is 0.0103. The van der Waals surface area contributed by atoms with Gasteiger partial charge in [-0.2, -0.15) is 5.26 Å². The summed E-state index contributed by atoms with van der Waals surface area (Å²) in [6.07, 6.45) is -0.778. The van der Waals surface area contributed by atoms with Gasteiger partial charge in [-0.15, -0.1) is 0 Å². The van der Waals surface area contributed by atoms with Crippen molar-refractivity contribution in [3.8, 4) is 6.07 Å². The van der Waals surface area contributed by atoms with Crippen LogP contribution in [-0.4, -0.2) is 84.8 Å². The predicted molar refractivity (Wildman–Crippen MR) is 157 cm³/mol. The molecule has 2 heterocycles. The molecule has 1 aliphatic heterocycles. The molecule has 1 aromatic rings. The average Bonchev–Trinajstić information content (AvgIpc) is 3.24. The molecule has 1 aliphatic rings. The fourth-order valence-electron chi connectivity index (χ4n) is 4.31. The molecule has 0 saturated carbocycles. The smallest absolute Gasteiger partial charge is 0.353 e. The number of nitrogens with zero attached hydrogens (tertiary/aromatic N) is 3. The van der Waals surface area contributed by atoms with Gasteiger partial charge in [0.15, 0.2) is 6.23 Å². The Kier molecular flexibility index (Phi) is 15.7. The molecule has 1 N–H and O–H groups in total. The zero-order chi connectivity index (χ0) is 31.3. The highest BCUT2D eigenvalue weighted by Gasteiger charge is 2.49. The maximum atomic E-state index is 13.3. The molecular formula is C26H44N4O10P2. The van der Waals surface area contributed by atoms with Crippen LogP contribution in [0.3, 0.4) is 0 Å². The minimum Gasteiger partial charge on any atom is -0.382 e. The molecule has 1 fully saturated rings. The lowest BCUT2D eigenvalue weighted by Gasteiger charge is -2.38. The molecule has 0 bridgehead atoms. The molecule has 1 saturated heterocycles. The van der Waals surface area contributed by atoms with E-state index in [1.165, 1.54) is 35.8 Å². The summed E-state index contributed by atoms with van der Waals surface area (Å²) in [5.74, 6) is 1.31. The Hall–Kier alpha value is -1.75. The molecule has 16 heteroatoms. The van der Waals surface area contributed by atoms with Crippen molar-refractivity contribution in [1.82, 2.24) is 14.2 Å². The maximum Gasteiger partial charge on any atom is 0.353 e. The van der Waals surface area contributed by atoms with E-state index in [4.69, 9.17) is 37.6 Å². The fourth-order valence-corrected chi connectivity index (χ4v) is 7.41. The SMILES string of the molecule is CCOP(=O)(/C=C/[C@H]1O[C@@H](n2ccc(=O)[nH]c2=O)[C@H](OCCOC)[C@@H]1OP(OCCC#N)N(C(C)C)C(C)C)OCC. The van der Waals surface area contributed by atoms with E-state index in [1.54, 1.807) is 13.8 Å². The van der Waals surface area contributed by atoms with Crippen molar-refractivity contribution < 1.29 is 36.9 Å². The van der Waals surface area contributed by atoms with Crippen LogP contribution in [0.2, 0.25) is 0 Å². The van der Waals surface area contributed by atoms with E-state index in [-0.39, 0.29) is 51.5 Å². The number of aromatic amines is 1. The third kappa shape index (κ3) is 10.5. The first-order valence-electron chi connectivity index (χ1n) is 13.9. The largest absolute Gasteiger partial charge is 0.382 e. The predicted octanol–water partition coefficient (Wildman–Crippen LogP) is 3.91. The molecule has 42 heavy (non-hydrogen) atoms. The van der Waals surface area contributed by atoms with Gasteiger partial charge in [0.2, 0.25) is 0 Å². The van der Waals surface area contributed by atoms with E-state index in [9.17, 15) is 14.2 Å². The lowest BCUT2D eigenvalue weighted by Crippen LogP contribution is -2.41. The lowest BCUT2D eigenvalue weighted by atomic mass is 10.1. The van der Waals surface area contributed by atoms with Crippen molar-refractivity contribution >= 4 is 16.1 Å². The van der Waals surface area contributed by atoms with Crippen LogP contribution in [0.25, 0.3) is 0 Å². The summed E-state index contributed by atoms with van der Waals surface area (Å²) in [5, 5.41) is 9.12. The number of aromatic nitrogens is 2. The van der Waals surface area contributed by atoms with Gasteiger partial charge in [0.05, 0.1) is 45.5 Å². The third-order valence-corrected chi connectivity index (χ3v) is 9.80. The Morgan fingerprint density at radius 3 is 2.36 bits per heavy atom. The zero-order valence-electron chi connectivity index (χ0n) is 25.3. The summed E-state index contributed by atoms with van der Waals surface area (Å²) < 4.78 is 57.8. The Morgan fingerprint density at radius 2 is 1.81 bits per heavy atom. The van der Waals surface area contributed by atoms with Crippen molar-refractivity contribution in [1.29, 1.82) is 5.26 Å². The summed E-state index contributed by atoms with van der Waals surface area (Å²) >= 11 is 0. The van der Waals surface area contributed by atoms with Gasteiger partial charge in [-0.05, 0) is 47.6 Å². The first kappa shape index (κ1) is 36.4. The topological polar surface area (TPSA) is 164 Å². The number of hydrogen-bond acceptors (Lipinski definition) is 12. The highest BCUT2D eigenvalue weighted by Crippen LogP contribution is 2.52. The molecule has 238 valence electrons. The Labute approximate surface area is 248 Å². The number of nitrogens with one attached hydrogen (secondary N) is 1. The standard InChI is InChI=1S/C26H44N4O10P2/c1-8-37-42(33,38-9-2)18-12-21-23(40-41(36-15-10-13-27)30(19(3)4)20(5)6)24(35-17-16-34-7)25(39-21)29-14-11-22(31)28-26(29)32/h11-12,14,18-21,23-25H,8-10,15-17H2,1-7H3,(H,28,31,32)/b18-12+/t21-,23-,24-,25-,41?/m1/s1. The van der Waals surface area contributed by atoms with E-state index in [2.05, 4.69) is 11.1 Å². The fraction of sp³-hybridized carbons (Fsp3) is 0.731. The quantitative estimate of drug-likeness (QED) is 0.173. The second kappa shape index (κ2) is 18.1. The van der Waals surface area contributed by atoms with Crippen molar-refractivity contribution in [2.45, 2.75) is 84.6 Å². The highest BCUT2D eigenvalue weighted by molar-refractivity contribution is 7.57. The van der Waals surface area contributed by atoms with Gasteiger partial charge in [-0.25, -0.2) is 9.46 Å². The first-order chi connectivity index (χ1) is 20.0.